The fourth-order valence-corrected chi connectivity index (χ4v) is 1.25. The summed E-state index contributed by atoms with van der Waals surface area (Å²) in [5.41, 5.74) is 1.89. The molecule has 0 spiro atoms. The van der Waals surface area contributed by atoms with Gasteiger partial charge in [0.2, 0.25) is 0 Å². The number of hydrogen-bond donors (Lipinski definition) is 0. The number of aromatic nitrogens is 2. The SMILES string of the molecule is Cc1ccn2ccnc2c1Cl. The van der Waals surface area contributed by atoms with Gasteiger partial charge in [0.15, 0.2) is 5.65 Å². The molecule has 2 heterocycles. The lowest BCUT2D eigenvalue weighted by molar-refractivity contribution is 1.17. The Labute approximate surface area is 69.4 Å². The number of aryl methyl sites for hydroxylation is 1. The van der Waals surface area contributed by atoms with Crippen LogP contribution in [0.1, 0.15) is 5.56 Å². The molecule has 0 N–H and O–H groups in total. The van der Waals surface area contributed by atoms with E-state index in [1.54, 1.807) is 6.20 Å². The van der Waals surface area contributed by atoms with Gasteiger partial charge >= 0.3 is 0 Å². The fourth-order valence-electron chi connectivity index (χ4n) is 1.04. The topological polar surface area (TPSA) is 17.3 Å². The smallest absolute Gasteiger partial charge is 0.155 e. The Morgan fingerprint density at radius 3 is 3.09 bits per heavy atom. The molecule has 0 amide bonds. The highest BCUT2D eigenvalue weighted by Gasteiger charge is 2.01. The van der Waals surface area contributed by atoms with Gasteiger partial charge in [-0.1, -0.05) is 11.6 Å². The zero-order valence-corrected chi connectivity index (χ0v) is 6.84. The average Bonchev–Trinajstić information content (AvgIpc) is 2.45. The van der Waals surface area contributed by atoms with E-state index in [1.807, 2.05) is 29.8 Å². The lowest BCUT2D eigenvalue weighted by Crippen LogP contribution is -1.85. The summed E-state index contributed by atoms with van der Waals surface area (Å²) in [5, 5.41) is 0.734. The molecule has 0 aliphatic rings. The van der Waals surface area contributed by atoms with Crippen LogP contribution in [0, 0.1) is 6.92 Å². The molecule has 2 aromatic heterocycles. The van der Waals surface area contributed by atoms with Crippen molar-refractivity contribution < 1.29 is 0 Å². The van der Waals surface area contributed by atoms with E-state index in [9.17, 15) is 0 Å². The van der Waals surface area contributed by atoms with Crippen molar-refractivity contribution in [2.24, 2.45) is 0 Å². The number of nitrogens with zero attached hydrogens (tertiary/aromatic N) is 2. The van der Waals surface area contributed by atoms with Crippen molar-refractivity contribution in [1.82, 2.24) is 9.38 Å². The Kier molecular flexibility index (Phi) is 1.36. The monoisotopic (exact) mass is 166 g/mol. The summed E-state index contributed by atoms with van der Waals surface area (Å²) in [6.45, 7) is 1.97. The molecule has 3 heteroatoms. The van der Waals surface area contributed by atoms with Crippen LogP contribution in [0.3, 0.4) is 0 Å². The summed E-state index contributed by atoms with van der Waals surface area (Å²) in [6, 6.07) is 1.97. The zero-order chi connectivity index (χ0) is 7.84. The van der Waals surface area contributed by atoms with E-state index in [1.165, 1.54) is 0 Å². The first kappa shape index (κ1) is 6.68. The number of hydrogen-bond acceptors (Lipinski definition) is 1. The van der Waals surface area contributed by atoms with Crippen LogP contribution >= 0.6 is 11.6 Å². The molecule has 2 aromatic rings. The Hall–Kier alpha value is -1.02. The molecule has 0 atom stereocenters. The molecule has 0 aromatic carbocycles. The van der Waals surface area contributed by atoms with Gasteiger partial charge in [-0.3, -0.25) is 0 Å². The van der Waals surface area contributed by atoms with Gasteiger partial charge in [-0.05, 0) is 18.6 Å². The standard InChI is InChI=1S/C8H7ClN2/c1-6-2-4-11-5-3-10-8(11)7(6)9/h2-5H,1H3. The third-order valence-corrected chi connectivity index (χ3v) is 2.16. The molecule has 0 saturated heterocycles. The minimum atomic E-state index is 0.734. The summed E-state index contributed by atoms with van der Waals surface area (Å²) in [7, 11) is 0. The van der Waals surface area contributed by atoms with Crippen molar-refractivity contribution in [2.45, 2.75) is 6.92 Å². The minimum absolute atomic E-state index is 0.734. The van der Waals surface area contributed by atoms with E-state index < -0.39 is 0 Å². The molecule has 0 fully saturated rings. The summed E-state index contributed by atoms with van der Waals surface area (Å²) < 4.78 is 1.90. The highest BCUT2D eigenvalue weighted by molar-refractivity contribution is 6.34. The lowest BCUT2D eigenvalue weighted by atomic mass is 10.3. The van der Waals surface area contributed by atoms with Gasteiger partial charge in [0.25, 0.3) is 0 Å². The van der Waals surface area contributed by atoms with Crippen LogP contribution in [0.2, 0.25) is 5.02 Å². The van der Waals surface area contributed by atoms with Gasteiger partial charge in [-0.2, -0.15) is 0 Å². The van der Waals surface area contributed by atoms with Gasteiger partial charge in [0.1, 0.15) is 0 Å². The first-order valence-corrected chi connectivity index (χ1v) is 3.74. The zero-order valence-electron chi connectivity index (χ0n) is 6.08. The van der Waals surface area contributed by atoms with E-state index in [0.717, 1.165) is 16.2 Å². The van der Waals surface area contributed by atoms with Crippen LogP contribution in [0.15, 0.2) is 24.7 Å². The van der Waals surface area contributed by atoms with E-state index in [-0.39, 0.29) is 0 Å². The molecule has 0 saturated carbocycles. The summed E-state index contributed by atoms with van der Waals surface area (Å²) in [6.07, 6.45) is 5.56. The Bertz CT molecular complexity index is 392. The van der Waals surface area contributed by atoms with Crippen molar-refractivity contribution in [3.63, 3.8) is 0 Å². The van der Waals surface area contributed by atoms with Crippen molar-refractivity contribution >= 4 is 17.2 Å². The van der Waals surface area contributed by atoms with E-state index >= 15 is 0 Å². The quantitative estimate of drug-likeness (QED) is 0.587. The molecule has 0 unspecified atom stereocenters. The minimum Gasteiger partial charge on any atom is -0.306 e. The summed E-state index contributed by atoms with van der Waals surface area (Å²) in [5.74, 6) is 0. The Balaban J connectivity index is 2.93. The van der Waals surface area contributed by atoms with Crippen molar-refractivity contribution in [3.05, 3.63) is 35.2 Å². The van der Waals surface area contributed by atoms with Crippen LogP contribution in [-0.2, 0) is 0 Å². The second-order valence-electron chi connectivity index (χ2n) is 2.47. The number of halogens is 1. The normalized spacial score (nSPS) is 10.7. The van der Waals surface area contributed by atoms with Crippen LogP contribution < -0.4 is 0 Å². The fraction of sp³-hybridized carbons (Fsp3) is 0.125. The molecule has 0 aliphatic heterocycles. The average molecular weight is 167 g/mol. The predicted octanol–water partition coefficient (Wildman–Crippen LogP) is 2.30. The van der Waals surface area contributed by atoms with Crippen molar-refractivity contribution in [2.75, 3.05) is 0 Å². The van der Waals surface area contributed by atoms with Crippen LogP contribution in [0.5, 0.6) is 0 Å². The molecule has 0 bridgehead atoms. The molecular weight excluding hydrogens is 160 g/mol. The Morgan fingerprint density at radius 1 is 1.45 bits per heavy atom. The third-order valence-electron chi connectivity index (χ3n) is 1.70. The predicted molar refractivity (Wildman–Crippen MR) is 44.9 cm³/mol. The van der Waals surface area contributed by atoms with Crippen LogP contribution in [0.4, 0.5) is 0 Å². The number of pyridine rings is 1. The first-order valence-electron chi connectivity index (χ1n) is 3.37. The molecular formula is C8H7ClN2. The van der Waals surface area contributed by atoms with Gasteiger partial charge in [-0.25, -0.2) is 4.98 Å². The molecule has 2 rings (SSSR count). The van der Waals surface area contributed by atoms with E-state index in [2.05, 4.69) is 4.98 Å². The number of imidazole rings is 1. The van der Waals surface area contributed by atoms with E-state index in [0.29, 0.717) is 0 Å². The Morgan fingerprint density at radius 2 is 2.27 bits per heavy atom. The molecule has 2 nitrogen and oxygen atoms in total. The summed E-state index contributed by atoms with van der Waals surface area (Å²) >= 11 is 5.98. The van der Waals surface area contributed by atoms with Crippen LogP contribution in [-0.4, -0.2) is 9.38 Å². The number of fused-ring (bicyclic) bond motifs is 1. The molecule has 0 aliphatic carbocycles. The van der Waals surface area contributed by atoms with Gasteiger partial charge in [-0.15, -0.1) is 0 Å². The molecule has 56 valence electrons. The maximum atomic E-state index is 5.98. The van der Waals surface area contributed by atoms with Crippen LogP contribution in [0.25, 0.3) is 5.65 Å². The third kappa shape index (κ3) is 0.906. The maximum absolute atomic E-state index is 5.98. The van der Waals surface area contributed by atoms with Gasteiger partial charge < -0.3 is 4.40 Å². The molecule has 0 radical (unpaired) electrons. The first-order chi connectivity index (χ1) is 5.29. The van der Waals surface area contributed by atoms with Crippen molar-refractivity contribution in [1.29, 1.82) is 0 Å². The van der Waals surface area contributed by atoms with Gasteiger partial charge in [0.05, 0.1) is 5.02 Å². The largest absolute Gasteiger partial charge is 0.306 e. The lowest BCUT2D eigenvalue weighted by Gasteiger charge is -1.98. The second kappa shape index (κ2) is 2.24. The molecule has 11 heavy (non-hydrogen) atoms. The maximum Gasteiger partial charge on any atom is 0.155 e. The second-order valence-corrected chi connectivity index (χ2v) is 2.85. The van der Waals surface area contributed by atoms with Gasteiger partial charge in [0, 0.05) is 18.6 Å². The van der Waals surface area contributed by atoms with E-state index in [4.69, 9.17) is 11.6 Å². The highest BCUT2D eigenvalue weighted by Crippen LogP contribution is 2.19. The number of rotatable bonds is 0. The summed E-state index contributed by atoms with van der Waals surface area (Å²) in [4.78, 5) is 4.11. The van der Waals surface area contributed by atoms with Crippen molar-refractivity contribution in [3.8, 4) is 0 Å². The highest BCUT2D eigenvalue weighted by atomic mass is 35.5.